The molecule has 2 aliphatic carbocycles. The van der Waals surface area contributed by atoms with Gasteiger partial charge in [0.05, 0.1) is 11.0 Å². The van der Waals surface area contributed by atoms with Crippen LogP contribution >= 0.6 is 0 Å². The lowest BCUT2D eigenvalue weighted by atomic mass is 9.80. The Labute approximate surface area is 269 Å². The molecule has 222 valence electrons. The number of nitrogens with one attached hydrogen (secondary N) is 1. The summed E-state index contributed by atoms with van der Waals surface area (Å²) in [5, 5.41) is 6.14. The summed E-state index contributed by atoms with van der Waals surface area (Å²) in [6.07, 6.45) is 6.63. The molecular formula is C42H34N4. The molecule has 0 radical (unpaired) electrons. The Morgan fingerprint density at radius 1 is 0.696 bits per heavy atom. The molecule has 1 aromatic heterocycles. The van der Waals surface area contributed by atoms with E-state index in [9.17, 15) is 0 Å². The maximum Gasteiger partial charge on any atom is 0.169 e. The Balaban J connectivity index is 1.15. The Kier molecular flexibility index (Phi) is 6.01. The molecule has 0 saturated carbocycles. The normalized spacial score (nSPS) is 18.3. The molecule has 4 heteroatoms. The van der Waals surface area contributed by atoms with E-state index in [0.717, 1.165) is 46.9 Å². The van der Waals surface area contributed by atoms with Crippen LogP contribution in [-0.4, -0.2) is 16.2 Å². The van der Waals surface area contributed by atoms with Crippen molar-refractivity contribution >= 4 is 39.1 Å². The quantitative estimate of drug-likeness (QED) is 0.217. The van der Waals surface area contributed by atoms with Gasteiger partial charge < -0.3 is 9.88 Å². The second-order valence-corrected chi connectivity index (χ2v) is 13.0. The molecule has 2 heterocycles. The van der Waals surface area contributed by atoms with Crippen molar-refractivity contribution in [3.63, 3.8) is 0 Å². The SMILES string of the molecule is CC1(C)C2=C(CCC=C2)c2cc3c4ccccc4n(-c4ccc(C5=NC(c6ccccc6)N=C(c6ccccc6)N5)cc4)c3cc21. The van der Waals surface area contributed by atoms with Crippen LogP contribution in [-0.2, 0) is 5.41 Å². The molecule has 1 aliphatic heterocycles. The van der Waals surface area contributed by atoms with E-state index in [1.165, 1.54) is 44.1 Å². The summed E-state index contributed by atoms with van der Waals surface area (Å²) < 4.78 is 2.43. The summed E-state index contributed by atoms with van der Waals surface area (Å²) in [6, 6.07) is 43.1. The van der Waals surface area contributed by atoms with E-state index in [4.69, 9.17) is 9.98 Å². The van der Waals surface area contributed by atoms with Crippen molar-refractivity contribution in [1.82, 2.24) is 9.88 Å². The van der Waals surface area contributed by atoms with Crippen molar-refractivity contribution in [2.45, 2.75) is 38.3 Å². The van der Waals surface area contributed by atoms with Gasteiger partial charge in [-0.1, -0.05) is 105 Å². The topological polar surface area (TPSA) is 41.7 Å². The summed E-state index contributed by atoms with van der Waals surface area (Å²) in [5.41, 5.74) is 12.6. The van der Waals surface area contributed by atoms with Crippen LogP contribution in [0.1, 0.15) is 60.7 Å². The van der Waals surface area contributed by atoms with Crippen LogP contribution in [0.3, 0.4) is 0 Å². The van der Waals surface area contributed by atoms with Crippen LogP contribution < -0.4 is 5.32 Å². The molecular weight excluding hydrogens is 560 g/mol. The summed E-state index contributed by atoms with van der Waals surface area (Å²) in [7, 11) is 0. The van der Waals surface area contributed by atoms with Crippen molar-refractivity contribution in [1.29, 1.82) is 0 Å². The minimum absolute atomic E-state index is 0.0149. The third-order valence-electron chi connectivity index (χ3n) is 9.94. The first kappa shape index (κ1) is 26.9. The smallest absolute Gasteiger partial charge is 0.169 e. The van der Waals surface area contributed by atoms with E-state index in [1.807, 2.05) is 36.4 Å². The van der Waals surface area contributed by atoms with Crippen LogP contribution in [0.4, 0.5) is 0 Å². The number of aliphatic imine (C=N–C) groups is 2. The van der Waals surface area contributed by atoms with Gasteiger partial charge in [0.1, 0.15) is 11.7 Å². The molecule has 6 aromatic rings. The van der Waals surface area contributed by atoms with Gasteiger partial charge in [0.25, 0.3) is 0 Å². The molecule has 0 fully saturated rings. The fraction of sp³-hybridized carbons (Fsp3) is 0.143. The van der Waals surface area contributed by atoms with Crippen LogP contribution in [0.25, 0.3) is 33.1 Å². The van der Waals surface area contributed by atoms with Gasteiger partial charge in [0, 0.05) is 33.0 Å². The van der Waals surface area contributed by atoms with E-state index >= 15 is 0 Å². The van der Waals surface area contributed by atoms with E-state index in [2.05, 4.69) is 121 Å². The fourth-order valence-electron chi connectivity index (χ4n) is 7.62. The van der Waals surface area contributed by atoms with Crippen LogP contribution in [0.2, 0.25) is 0 Å². The third-order valence-corrected chi connectivity index (χ3v) is 9.94. The number of rotatable bonds is 4. The zero-order valence-corrected chi connectivity index (χ0v) is 26.0. The molecule has 1 unspecified atom stereocenters. The lowest BCUT2D eigenvalue weighted by molar-refractivity contribution is 0.652. The summed E-state index contributed by atoms with van der Waals surface area (Å²) in [4.78, 5) is 10.1. The molecule has 1 N–H and O–H groups in total. The number of hydrogen-bond donors (Lipinski definition) is 1. The highest BCUT2D eigenvalue weighted by Crippen LogP contribution is 2.51. The van der Waals surface area contributed by atoms with Crippen molar-refractivity contribution in [3.8, 4) is 5.69 Å². The molecule has 4 nitrogen and oxygen atoms in total. The first-order valence-corrected chi connectivity index (χ1v) is 16.2. The van der Waals surface area contributed by atoms with Crippen LogP contribution in [0.15, 0.2) is 149 Å². The summed E-state index contributed by atoms with van der Waals surface area (Å²) in [5.74, 6) is 1.65. The maximum absolute atomic E-state index is 5.08. The number of para-hydroxylation sites is 1. The van der Waals surface area contributed by atoms with Crippen LogP contribution in [0.5, 0.6) is 0 Å². The molecule has 3 aliphatic rings. The lowest BCUT2D eigenvalue weighted by Crippen LogP contribution is -2.36. The monoisotopic (exact) mass is 594 g/mol. The van der Waals surface area contributed by atoms with Gasteiger partial charge in [0.15, 0.2) is 6.17 Å². The number of fused-ring (bicyclic) bond motifs is 5. The molecule has 0 amide bonds. The summed E-state index contributed by atoms with van der Waals surface area (Å²) >= 11 is 0. The maximum atomic E-state index is 5.08. The second-order valence-electron chi connectivity index (χ2n) is 13.0. The minimum Gasteiger partial charge on any atom is -0.324 e. The largest absolute Gasteiger partial charge is 0.324 e. The Morgan fingerprint density at radius 2 is 1.37 bits per heavy atom. The average Bonchev–Trinajstić information content (AvgIpc) is 3.56. The predicted molar refractivity (Wildman–Crippen MR) is 191 cm³/mol. The standard InChI is InChI=1S/C42H34N4/c1-42(2)35-19-11-9-17-31(35)33-25-34-32-18-10-12-20-37(32)46(38(34)26-36(33)42)30-23-21-29(22-24-30)41-44-39(27-13-5-3-6-14-27)43-40(45-41)28-15-7-4-8-16-28/h3-8,10-16,18-26,39H,9,17H2,1-2H3,(H,43,44,45). The zero-order chi connectivity index (χ0) is 30.8. The van der Waals surface area contributed by atoms with Gasteiger partial charge in [-0.3, -0.25) is 0 Å². The molecule has 0 spiro atoms. The second kappa shape index (κ2) is 10.3. The molecule has 9 rings (SSSR count). The third kappa shape index (κ3) is 4.13. The average molecular weight is 595 g/mol. The highest BCUT2D eigenvalue weighted by molar-refractivity contribution is 6.16. The molecule has 5 aromatic carbocycles. The fourth-order valence-corrected chi connectivity index (χ4v) is 7.62. The van der Waals surface area contributed by atoms with Gasteiger partial charge in [-0.2, -0.15) is 0 Å². The van der Waals surface area contributed by atoms with Crippen molar-refractivity contribution < 1.29 is 0 Å². The molecule has 46 heavy (non-hydrogen) atoms. The van der Waals surface area contributed by atoms with E-state index in [0.29, 0.717) is 0 Å². The first-order valence-electron chi connectivity index (χ1n) is 16.2. The van der Waals surface area contributed by atoms with Gasteiger partial charge >= 0.3 is 0 Å². The number of benzene rings is 5. The first-order chi connectivity index (χ1) is 22.6. The minimum atomic E-state index is -0.315. The zero-order valence-electron chi connectivity index (χ0n) is 26.0. The van der Waals surface area contributed by atoms with Crippen molar-refractivity contribution in [3.05, 3.63) is 167 Å². The number of hydrogen-bond acceptors (Lipinski definition) is 3. The number of allylic oxidation sites excluding steroid dienone is 4. The molecule has 0 bridgehead atoms. The molecule has 0 saturated heterocycles. The van der Waals surface area contributed by atoms with E-state index < -0.39 is 0 Å². The van der Waals surface area contributed by atoms with Crippen molar-refractivity contribution in [2.24, 2.45) is 9.98 Å². The van der Waals surface area contributed by atoms with Gasteiger partial charge in [-0.05, 0) is 83.1 Å². The van der Waals surface area contributed by atoms with Gasteiger partial charge in [0.2, 0.25) is 0 Å². The number of nitrogens with zero attached hydrogens (tertiary/aromatic N) is 3. The lowest BCUT2D eigenvalue weighted by Gasteiger charge is -2.24. The predicted octanol–water partition coefficient (Wildman–Crippen LogP) is 9.67. The highest BCUT2D eigenvalue weighted by atomic mass is 15.2. The van der Waals surface area contributed by atoms with Gasteiger partial charge in [-0.25, -0.2) is 9.98 Å². The molecule has 1 atom stereocenters. The highest BCUT2D eigenvalue weighted by Gasteiger charge is 2.37. The van der Waals surface area contributed by atoms with Gasteiger partial charge in [-0.15, -0.1) is 0 Å². The Morgan fingerprint density at radius 3 is 2.13 bits per heavy atom. The van der Waals surface area contributed by atoms with Crippen LogP contribution in [0, 0.1) is 0 Å². The van der Waals surface area contributed by atoms with E-state index in [-0.39, 0.29) is 11.6 Å². The summed E-state index contributed by atoms with van der Waals surface area (Å²) in [6.45, 7) is 4.76. The van der Waals surface area contributed by atoms with E-state index in [1.54, 1.807) is 0 Å². The van der Waals surface area contributed by atoms with Crippen molar-refractivity contribution in [2.75, 3.05) is 0 Å². The number of aromatic nitrogens is 1. The Bertz CT molecular complexity index is 2280. The number of amidine groups is 2. The Hall–Kier alpha value is -5.48.